The molecule has 2 rings (SSSR count). The maximum absolute atomic E-state index is 5.87. The first-order valence-electron chi connectivity index (χ1n) is 5.46. The van der Waals surface area contributed by atoms with Gasteiger partial charge in [0.05, 0.1) is 6.10 Å². The molecule has 0 spiro atoms. The number of para-hydroxylation sites is 1. The molecule has 3 heteroatoms. The van der Waals surface area contributed by atoms with Crippen LogP contribution in [0.4, 0.5) is 5.69 Å². The first-order valence-corrected chi connectivity index (χ1v) is 5.46. The second-order valence-corrected chi connectivity index (χ2v) is 4.05. The molecule has 0 amide bonds. The molecular weight excluding hydrogens is 188 g/mol. The number of hydrogen-bond acceptors (Lipinski definition) is 3. The van der Waals surface area contributed by atoms with E-state index >= 15 is 0 Å². The third kappa shape index (κ3) is 2.49. The Balaban J connectivity index is 1.90. The third-order valence-corrected chi connectivity index (χ3v) is 2.99. The van der Waals surface area contributed by atoms with E-state index in [1.54, 1.807) is 0 Å². The summed E-state index contributed by atoms with van der Waals surface area (Å²) in [4.78, 5) is 0. The van der Waals surface area contributed by atoms with E-state index < -0.39 is 0 Å². The lowest BCUT2D eigenvalue weighted by Crippen LogP contribution is -2.34. The molecule has 0 saturated carbocycles. The Labute approximate surface area is 90.6 Å². The van der Waals surface area contributed by atoms with Gasteiger partial charge in [0.1, 0.15) is 0 Å². The minimum atomic E-state index is 0.315. The van der Waals surface area contributed by atoms with Gasteiger partial charge in [-0.25, -0.2) is 0 Å². The van der Waals surface area contributed by atoms with E-state index in [4.69, 9.17) is 10.5 Å². The Morgan fingerprint density at radius 2 is 2.27 bits per heavy atom. The number of hydrogen-bond donors (Lipinski definition) is 2. The highest BCUT2D eigenvalue weighted by Gasteiger charge is 2.23. The molecule has 15 heavy (non-hydrogen) atoms. The summed E-state index contributed by atoms with van der Waals surface area (Å²) in [7, 11) is 0. The van der Waals surface area contributed by atoms with Crippen molar-refractivity contribution >= 4 is 5.69 Å². The van der Waals surface area contributed by atoms with Crippen molar-refractivity contribution in [2.24, 2.45) is 0 Å². The topological polar surface area (TPSA) is 47.3 Å². The van der Waals surface area contributed by atoms with Gasteiger partial charge in [-0.05, 0) is 25.0 Å². The summed E-state index contributed by atoms with van der Waals surface area (Å²) in [5, 5.41) is 3.48. The molecule has 82 valence electrons. The Kier molecular flexibility index (Phi) is 3.23. The highest BCUT2D eigenvalue weighted by Crippen LogP contribution is 2.15. The van der Waals surface area contributed by atoms with E-state index in [2.05, 4.69) is 18.3 Å². The van der Waals surface area contributed by atoms with Gasteiger partial charge in [-0.2, -0.15) is 0 Å². The van der Waals surface area contributed by atoms with Crippen molar-refractivity contribution in [3.8, 4) is 0 Å². The van der Waals surface area contributed by atoms with Crippen LogP contribution in [0, 0.1) is 0 Å². The molecule has 1 saturated heterocycles. The zero-order chi connectivity index (χ0) is 10.7. The van der Waals surface area contributed by atoms with Crippen molar-refractivity contribution < 1.29 is 4.74 Å². The van der Waals surface area contributed by atoms with Gasteiger partial charge in [-0.1, -0.05) is 18.2 Å². The fraction of sp³-hybridized carbons (Fsp3) is 0.500. The van der Waals surface area contributed by atoms with Crippen molar-refractivity contribution in [2.75, 3.05) is 12.3 Å². The molecule has 3 N–H and O–H groups in total. The summed E-state index contributed by atoms with van der Waals surface area (Å²) in [5.41, 5.74) is 7.89. The quantitative estimate of drug-likeness (QED) is 0.737. The average Bonchev–Trinajstić information content (AvgIpc) is 2.63. The van der Waals surface area contributed by atoms with E-state index in [1.807, 2.05) is 18.2 Å². The molecule has 1 heterocycles. The van der Waals surface area contributed by atoms with Crippen LogP contribution >= 0.6 is 0 Å². The fourth-order valence-corrected chi connectivity index (χ4v) is 1.94. The number of rotatable bonds is 3. The largest absolute Gasteiger partial charge is 0.398 e. The van der Waals surface area contributed by atoms with E-state index in [-0.39, 0.29) is 0 Å². The van der Waals surface area contributed by atoms with Crippen LogP contribution in [0.2, 0.25) is 0 Å². The lowest BCUT2D eigenvalue weighted by Gasteiger charge is -2.16. The number of ether oxygens (including phenoxy) is 1. The second-order valence-electron chi connectivity index (χ2n) is 4.05. The van der Waals surface area contributed by atoms with Gasteiger partial charge < -0.3 is 15.8 Å². The molecule has 1 fully saturated rings. The predicted octanol–water partition coefficient (Wildman–Crippen LogP) is 1.54. The molecule has 1 aromatic carbocycles. The minimum Gasteiger partial charge on any atom is -0.398 e. The molecule has 0 aliphatic carbocycles. The summed E-state index contributed by atoms with van der Waals surface area (Å²) in [6.45, 7) is 3.80. The first kappa shape index (κ1) is 10.5. The molecule has 2 unspecified atom stereocenters. The number of nitrogens with one attached hydrogen (secondary N) is 1. The molecular formula is C12H18N2O. The average molecular weight is 206 g/mol. The van der Waals surface area contributed by atoms with Crippen LogP contribution < -0.4 is 11.1 Å². The van der Waals surface area contributed by atoms with Crippen LogP contribution in [0.25, 0.3) is 0 Å². The zero-order valence-electron chi connectivity index (χ0n) is 9.07. The van der Waals surface area contributed by atoms with Crippen LogP contribution in [0.5, 0.6) is 0 Å². The van der Waals surface area contributed by atoms with Gasteiger partial charge >= 0.3 is 0 Å². The van der Waals surface area contributed by atoms with Crippen molar-refractivity contribution in [1.82, 2.24) is 5.32 Å². The Morgan fingerprint density at radius 3 is 2.93 bits per heavy atom. The predicted molar refractivity (Wildman–Crippen MR) is 61.5 cm³/mol. The lowest BCUT2D eigenvalue weighted by atomic mass is 10.1. The lowest BCUT2D eigenvalue weighted by molar-refractivity contribution is 0.113. The fourth-order valence-electron chi connectivity index (χ4n) is 1.94. The normalized spacial score (nSPS) is 25.7. The first-order chi connectivity index (χ1) is 7.27. The van der Waals surface area contributed by atoms with Crippen molar-refractivity contribution in [1.29, 1.82) is 0 Å². The zero-order valence-corrected chi connectivity index (χ0v) is 9.07. The van der Waals surface area contributed by atoms with E-state index in [1.165, 1.54) is 0 Å². The Hall–Kier alpha value is -1.06. The van der Waals surface area contributed by atoms with Crippen LogP contribution in [0.1, 0.15) is 18.9 Å². The molecule has 1 aliphatic heterocycles. The van der Waals surface area contributed by atoms with Crippen molar-refractivity contribution in [2.45, 2.75) is 32.0 Å². The molecule has 3 nitrogen and oxygen atoms in total. The van der Waals surface area contributed by atoms with Crippen molar-refractivity contribution in [3.63, 3.8) is 0 Å². The summed E-state index contributed by atoms with van der Waals surface area (Å²) in [6.07, 6.45) is 1.41. The second kappa shape index (κ2) is 4.64. The van der Waals surface area contributed by atoms with E-state index in [0.717, 1.165) is 30.8 Å². The highest BCUT2D eigenvalue weighted by atomic mass is 16.5. The van der Waals surface area contributed by atoms with E-state index in [0.29, 0.717) is 12.1 Å². The molecule has 2 atom stereocenters. The number of nitrogen functional groups attached to an aromatic ring is 1. The summed E-state index contributed by atoms with van der Waals surface area (Å²) in [6, 6.07) is 8.43. The summed E-state index contributed by atoms with van der Waals surface area (Å²) >= 11 is 0. The number of benzene rings is 1. The van der Waals surface area contributed by atoms with E-state index in [9.17, 15) is 0 Å². The smallest absolute Gasteiger partial charge is 0.0700 e. The Bertz CT molecular complexity index is 327. The molecule has 1 aliphatic rings. The standard InChI is InChI=1S/C12H18N2O/c1-9-12(6-7-15-9)14-8-10-4-2-3-5-11(10)13/h2-5,9,12,14H,6-8,13H2,1H3. The summed E-state index contributed by atoms with van der Waals surface area (Å²) < 4.78 is 5.49. The SMILES string of the molecule is CC1OCCC1NCc1ccccc1N. The maximum atomic E-state index is 5.87. The Morgan fingerprint density at radius 1 is 1.47 bits per heavy atom. The van der Waals surface area contributed by atoms with Crippen LogP contribution in [-0.2, 0) is 11.3 Å². The van der Waals surface area contributed by atoms with Crippen molar-refractivity contribution in [3.05, 3.63) is 29.8 Å². The monoisotopic (exact) mass is 206 g/mol. The van der Waals surface area contributed by atoms with Crippen LogP contribution in [0.3, 0.4) is 0 Å². The van der Waals surface area contributed by atoms with Crippen LogP contribution in [-0.4, -0.2) is 18.8 Å². The van der Waals surface area contributed by atoms with Crippen LogP contribution in [0.15, 0.2) is 24.3 Å². The third-order valence-electron chi connectivity index (χ3n) is 2.99. The van der Waals surface area contributed by atoms with Gasteiger partial charge in [0.2, 0.25) is 0 Å². The highest BCUT2D eigenvalue weighted by molar-refractivity contribution is 5.46. The van der Waals surface area contributed by atoms with Gasteiger partial charge in [0, 0.05) is 24.9 Å². The molecule has 0 bridgehead atoms. The van der Waals surface area contributed by atoms with Gasteiger partial charge in [-0.15, -0.1) is 0 Å². The molecule has 0 radical (unpaired) electrons. The minimum absolute atomic E-state index is 0.315. The summed E-state index contributed by atoms with van der Waals surface area (Å²) in [5.74, 6) is 0. The number of nitrogens with two attached hydrogens (primary N) is 1. The molecule has 0 aromatic heterocycles. The number of anilines is 1. The maximum Gasteiger partial charge on any atom is 0.0700 e. The van der Waals surface area contributed by atoms with Gasteiger partial charge in [0.25, 0.3) is 0 Å². The van der Waals surface area contributed by atoms with Gasteiger partial charge in [-0.3, -0.25) is 0 Å². The molecule has 1 aromatic rings. The van der Waals surface area contributed by atoms with Gasteiger partial charge in [0.15, 0.2) is 0 Å².